The number of nitrogens with zero attached hydrogens (tertiary/aromatic N) is 2. The Morgan fingerprint density at radius 2 is 1.76 bits per heavy atom. The van der Waals surface area contributed by atoms with Gasteiger partial charge in [-0.1, -0.05) is 23.7 Å². The van der Waals surface area contributed by atoms with Gasteiger partial charge in [0.25, 0.3) is 0 Å². The first-order valence-corrected chi connectivity index (χ1v) is 7.73. The number of carboxylic acid groups (broad SMARTS) is 1. The Morgan fingerprint density at radius 1 is 1.12 bits per heavy atom. The van der Waals surface area contributed by atoms with Gasteiger partial charge in [0.05, 0.1) is 17.8 Å². The number of aromatic nitrogens is 2. The molecule has 4 nitrogen and oxygen atoms in total. The van der Waals surface area contributed by atoms with Crippen LogP contribution in [0.5, 0.6) is 0 Å². The second-order valence-corrected chi connectivity index (χ2v) is 5.75. The van der Waals surface area contributed by atoms with Gasteiger partial charge in [-0.25, -0.2) is 9.07 Å². The highest BCUT2D eigenvalue weighted by atomic mass is 35.5. The number of hydrogen-bond donors (Lipinski definition) is 1. The van der Waals surface area contributed by atoms with E-state index >= 15 is 0 Å². The maximum atomic E-state index is 13.1. The molecule has 0 aliphatic carbocycles. The zero-order valence-electron chi connectivity index (χ0n) is 13.0. The molecule has 0 unspecified atom stereocenters. The predicted molar refractivity (Wildman–Crippen MR) is 97.2 cm³/mol. The van der Waals surface area contributed by atoms with E-state index in [4.69, 9.17) is 16.7 Å². The standard InChI is InChI=1S/C18H14ClFN2O2.ClH/c19-13-3-1-12(2-4-13)16-11-22(15-7-5-14(20)6-8-15)21-17(16)9-10-18(23)24;/h1-8,11H,9-10H2,(H,23,24);1H. The van der Waals surface area contributed by atoms with Crippen LogP contribution in [0.4, 0.5) is 4.39 Å². The Kier molecular flexibility index (Phi) is 6.17. The van der Waals surface area contributed by atoms with Crippen LogP contribution in [-0.4, -0.2) is 20.9 Å². The number of benzene rings is 2. The van der Waals surface area contributed by atoms with E-state index in [-0.39, 0.29) is 24.6 Å². The molecule has 0 saturated carbocycles. The Hall–Kier alpha value is -2.37. The highest BCUT2D eigenvalue weighted by molar-refractivity contribution is 6.30. The fourth-order valence-corrected chi connectivity index (χ4v) is 2.54. The zero-order chi connectivity index (χ0) is 17.1. The maximum absolute atomic E-state index is 13.1. The smallest absolute Gasteiger partial charge is 0.303 e. The Balaban J connectivity index is 0.00000225. The van der Waals surface area contributed by atoms with Crippen LogP contribution < -0.4 is 0 Å². The van der Waals surface area contributed by atoms with Crippen molar-refractivity contribution in [1.82, 2.24) is 9.78 Å². The highest BCUT2D eigenvalue weighted by Gasteiger charge is 2.13. The number of carboxylic acids is 1. The summed E-state index contributed by atoms with van der Waals surface area (Å²) in [6.07, 6.45) is 2.11. The van der Waals surface area contributed by atoms with Crippen molar-refractivity contribution in [3.63, 3.8) is 0 Å². The number of aliphatic carboxylic acids is 1. The lowest BCUT2D eigenvalue weighted by molar-refractivity contribution is -0.136. The van der Waals surface area contributed by atoms with E-state index in [0.29, 0.717) is 22.8 Å². The lowest BCUT2D eigenvalue weighted by Crippen LogP contribution is -2.00. The molecule has 1 N–H and O–H groups in total. The third-order valence-electron chi connectivity index (χ3n) is 3.61. The van der Waals surface area contributed by atoms with Gasteiger partial charge >= 0.3 is 5.97 Å². The summed E-state index contributed by atoms with van der Waals surface area (Å²) < 4.78 is 14.7. The quantitative estimate of drug-likeness (QED) is 0.693. The lowest BCUT2D eigenvalue weighted by atomic mass is 10.0. The summed E-state index contributed by atoms with van der Waals surface area (Å²) in [5.41, 5.74) is 3.10. The molecule has 25 heavy (non-hydrogen) atoms. The SMILES string of the molecule is Cl.O=C(O)CCc1nn(-c2ccc(F)cc2)cc1-c1ccc(Cl)cc1. The van der Waals surface area contributed by atoms with Crippen molar-refractivity contribution in [3.8, 4) is 16.8 Å². The molecule has 7 heteroatoms. The highest BCUT2D eigenvalue weighted by Crippen LogP contribution is 2.27. The summed E-state index contributed by atoms with van der Waals surface area (Å²) in [7, 11) is 0. The minimum atomic E-state index is -0.881. The van der Waals surface area contributed by atoms with Crippen molar-refractivity contribution in [1.29, 1.82) is 0 Å². The monoisotopic (exact) mass is 380 g/mol. The summed E-state index contributed by atoms with van der Waals surface area (Å²) in [5.74, 6) is -1.21. The second-order valence-electron chi connectivity index (χ2n) is 5.31. The number of aryl methyl sites for hydroxylation is 1. The van der Waals surface area contributed by atoms with Crippen molar-refractivity contribution in [3.05, 3.63) is 71.3 Å². The number of carbonyl (C=O) groups is 1. The molecular formula is C18H15Cl2FN2O2. The summed E-state index contributed by atoms with van der Waals surface area (Å²) in [6, 6.07) is 13.2. The van der Waals surface area contributed by atoms with E-state index in [9.17, 15) is 9.18 Å². The van der Waals surface area contributed by atoms with Gasteiger partial charge in [-0.05, 0) is 42.0 Å². The first kappa shape index (κ1) is 19.0. The molecule has 3 rings (SSSR count). The molecule has 0 aliphatic heterocycles. The molecule has 3 aromatic rings. The van der Waals surface area contributed by atoms with Crippen LogP contribution in [0.2, 0.25) is 5.02 Å². The van der Waals surface area contributed by atoms with E-state index in [0.717, 1.165) is 11.1 Å². The molecule has 1 aromatic heterocycles. The molecule has 0 radical (unpaired) electrons. The molecule has 0 fully saturated rings. The van der Waals surface area contributed by atoms with Crippen molar-refractivity contribution < 1.29 is 14.3 Å². The first-order valence-electron chi connectivity index (χ1n) is 7.35. The molecule has 0 atom stereocenters. The van der Waals surface area contributed by atoms with Crippen LogP contribution in [0.1, 0.15) is 12.1 Å². The van der Waals surface area contributed by atoms with E-state index in [2.05, 4.69) is 5.10 Å². The minimum Gasteiger partial charge on any atom is -0.481 e. The van der Waals surface area contributed by atoms with Gasteiger partial charge in [-0.15, -0.1) is 12.4 Å². The van der Waals surface area contributed by atoms with Crippen LogP contribution in [0.15, 0.2) is 54.7 Å². The van der Waals surface area contributed by atoms with Crippen LogP contribution in [0.25, 0.3) is 16.8 Å². The van der Waals surface area contributed by atoms with Crippen molar-refractivity contribution >= 4 is 30.0 Å². The third-order valence-corrected chi connectivity index (χ3v) is 3.86. The maximum Gasteiger partial charge on any atom is 0.303 e. The van der Waals surface area contributed by atoms with E-state index in [1.165, 1.54) is 12.1 Å². The molecule has 130 valence electrons. The molecule has 1 heterocycles. The third kappa shape index (κ3) is 4.59. The normalized spacial score (nSPS) is 10.3. The lowest BCUT2D eigenvalue weighted by Gasteiger charge is -2.01. The zero-order valence-corrected chi connectivity index (χ0v) is 14.6. The van der Waals surface area contributed by atoms with Gasteiger partial charge in [-0.2, -0.15) is 5.10 Å². The molecule has 0 saturated heterocycles. The minimum absolute atomic E-state index is 0. The van der Waals surface area contributed by atoms with Crippen molar-refractivity contribution in [2.45, 2.75) is 12.8 Å². The molecule has 0 spiro atoms. The van der Waals surface area contributed by atoms with Crippen LogP contribution in [-0.2, 0) is 11.2 Å². The van der Waals surface area contributed by atoms with Crippen LogP contribution in [0, 0.1) is 5.82 Å². The van der Waals surface area contributed by atoms with E-state index in [1.54, 1.807) is 28.9 Å². The average molecular weight is 381 g/mol. The summed E-state index contributed by atoms with van der Waals surface area (Å²) in [4.78, 5) is 10.9. The summed E-state index contributed by atoms with van der Waals surface area (Å²) in [5, 5.41) is 14.0. The fraction of sp³-hybridized carbons (Fsp3) is 0.111. The number of halogens is 3. The topological polar surface area (TPSA) is 55.1 Å². The van der Waals surface area contributed by atoms with Crippen LogP contribution >= 0.6 is 24.0 Å². The van der Waals surface area contributed by atoms with Gasteiger partial charge in [-0.3, -0.25) is 4.79 Å². The molecule has 0 aliphatic rings. The fourth-order valence-electron chi connectivity index (χ4n) is 2.42. The largest absolute Gasteiger partial charge is 0.481 e. The Labute approximate surface area is 155 Å². The summed E-state index contributed by atoms with van der Waals surface area (Å²) >= 11 is 5.92. The second kappa shape index (κ2) is 8.14. The van der Waals surface area contributed by atoms with Gasteiger partial charge in [0.1, 0.15) is 5.82 Å². The molecule has 0 bridgehead atoms. The molecule has 2 aromatic carbocycles. The molecule has 0 amide bonds. The van der Waals surface area contributed by atoms with E-state index < -0.39 is 5.97 Å². The summed E-state index contributed by atoms with van der Waals surface area (Å²) in [6.45, 7) is 0. The van der Waals surface area contributed by atoms with Gasteiger partial charge in [0.15, 0.2) is 0 Å². The first-order chi connectivity index (χ1) is 11.5. The van der Waals surface area contributed by atoms with Gasteiger partial charge in [0.2, 0.25) is 0 Å². The van der Waals surface area contributed by atoms with Crippen molar-refractivity contribution in [2.75, 3.05) is 0 Å². The van der Waals surface area contributed by atoms with Gasteiger partial charge in [0, 0.05) is 23.2 Å². The van der Waals surface area contributed by atoms with Crippen LogP contribution in [0.3, 0.4) is 0 Å². The van der Waals surface area contributed by atoms with Crippen molar-refractivity contribution in [2.24, 2.45) is 0 Å². The average Bonchev–Trinajstić information content (AvgIpc) is 2.98. The predicted octanol–water partition coefficient (Wildman–Crippen LogP) is 4.77. The molecular weight excluding hydrogens is 366 g/mol. The number of hydrogen-bond acceptors (Lipinski definition) is 2. The number of rotatable bonds is 5. The van der Waals surface area contributed by atoms with Gasteiger partial charge < -0.3 is 5.11 Å². The van der Waals surface area contributed by atoms with E-state index in [1.807, 2.05) is 18.3 Å². The Morgan fingerprint density at radius 3 is 2.36 bits per heavy atom. The Bertz CT molecular complexity index is 862.